The predicted octanol–water partition coefficient (Wildman–Crippen LogP) is 0.0435. The summed E-state index contributed by atoms with van der Waals surface area (Å²) in [6.07, 6.45) is 0.942. The molecule has 2 aliphatic rings. The minimum Gasteiger partial charge on any atom is -0.481 e. The fourth-order valence-electron chi connectivity index (χ4n) is 3.34. The molecule has 0 radical (unpaired) electrons. The summed E-state index contributed by atoms with van der Waals surface area (Å²) in [6, 6.07) is 2.38. The highest BCUT2D eigenvalue weighted by Gasteiger charge is 2.60. The van der Waals surface area contributed by atoms with Crippen LogP contribution in [-0.4, -0.2) is 84.5 Å². The first-order chi connectivity index (χ1) is 13.9. The highest BCUT2D eigenvalue weighted by molar-refractivity contribution is 8.00. The fourth-order valence-corrected chi connectivity index (χ4v) is 6.28. The number of anilines is 1. The second kappa shape index (κ2) is 8.19. The van der Waals surface area contributed by atoms with Gasteiger partial charge in [-0.3, -0.25) is 24.1 Å². The number of sulfone groups is 1. The highest BCUT2D eigenvalue weighted by Crippen LogP contribution is 2.45. The van der Waals surface area contributed by atoms with Gasteiger partial charge in [0.25, 0.3) is 0 Å². The summed E-state index contributed by atoms with van der Waals surface area (Å²) < 4.78 is 28.2. The number of ether oxygens (including phenoxy) is 1. The van der Waals surface area contributed by atoms with Crippen LogP contribution >= 0.6 is 23.1 Å². The van der Waals surface area contributed by atoms with Gasteiger partial charge in [-0.05, 0) is 17.5 Å². The molecule has 0 spiro atoms. The third-order valence-corrected chi connectivity index (χ3v) is 8.01. The lowest BCUT2D eigenvalue weighted by molar-refractivity contribution is -0.163. The molecule has 13 heteroatoms. The van der Waals surface area contributed by atoms with E-state index in [1.807, 2.05) is 0 Å². The molecule has 2 saturated heterocycles. The van der Waals surface area contributed by atoms with E-state index in [4.69, 9.17) is 4.74 Å². The van der Waals surface area contributed by atoms with Crippen LogP contribution in [0.15, 0.2) is 17.5 Å². The first-order valence-corrected chi connectivity index (χ1v) is 12.8. The number of carbonyl (C=O) groups is 4. The van der Waals surface area contributed by atoms with Gasteiger partial charge in [0.2, 0.25) is 11.8 Å². The molecule has 30 heavy (non-hydrogen) atoms. The van der Waals surface area contributed by atoms with Gasteiger partial charge in [0.1, 0.15) is 29.2 Å². The standard InChI is InChI=1S/C17H20N2O8S3/c1-10(20)27-8-17(16(23)24)7-18-14(22)13(15(18)29-9-17)19(12-4-3-5-28-12)11(21)6-30(2,25)26/h3-5,13,15H,6-9H2,1-2H3,(H,23,24)/t13?,15-,17?/m1/s1. The monoisotopic (exact) mass is 476 g/mol. The van der Waals surface area contributed by atoms with Crippen molar-refractivity contribution in [1.29, 1.82) is 0 Å². The average Bonchev–Trinajstić information content (AvgIpc) is 3.16. The number of β-lactam (4-membered cyclic amide) rings is 1. The van der Waals surface area contributed by atoms with Crippen molar-refractivity contribution >= 4 is 61.7 Å². The van der Waals surface area contributed by atoms with Crippen molar-refractivity contribution in [3.8, 4) is 0 Å². The maximum Gasteiger partial charge on any atom is 0.315 e. The van der Waals surface area contributed by atoms with E-state index in [0.29, 0.717) is 5.00 Å². The Morgan fingerprint density at radius 2 is 2.10 bits per heavy atom. The molecule has 3 atom stereocenters. The van der Waals surface area contributed by atoms with E-state index in [-0.39, 0.29) is 18.9 Å². The lowest BCUT2D eigenvalue weighted by Crippen LogP contribution is -2.75. The molecule has 1 N–H and O–H groups in total. The molecular formula is C17H20N2O8S3. The molecule has 0 saturated carbocycles. The van der Waals surface area contributed by atoms with E-state index in [9.17, 15) is 32.7 Å². The third kappa shape index (κ3) is 4.32. The van der Waals surface area contributed by atoms with Crippen molar-refractivity contribution < 1.29 is 37.4 Å². The van der Waals surface area contributed by atoms with Gasteiger partial charge >= 0.3 is 11.9 Å². The summed E-state index contributed by atoms with van der Waals surface area (Å²) >= 11 is 2.37. The number of hydrogen-bond acceptors (Lipinski definition) is 9. The van der Waals surface area contributed by atoms with Crippen molar-refractivity contribution in [2.75, 3.05) is 35.8 Å². The molecule has 0 aliphatic carbocycles. The third-order valence-electron chi connectivity index (χ3n) is 4.80. The van der Waals surface area contributed by atoms with Crippen LogP contribution in [0.25, 0.3) is 0 Å². The molecule has 2 aliphatic heterocycles. The van der Waals surface area contributed by atoms with Gasteiger partial charge in [0.05, 0.1) is 5.00 Å². The minimum atomic E-state index is -3.61. The molecule has 0 bridgehead atoms. The summed E-state index contributed by atoms with van der Waals surface area (Å²) in [5.41, 5.74) is -1.45. The zero-order valence-electron chi connectivity index (χ0n) is 16.1. The lowest BCUT2D eigenvalue weighted by Gasteiger charge is -2.55. The number of carbonyl (C=O) groups excluding carboxylic acids is 3. The van der Waals surface area contributed by atoms with Crippen LogP contribution in [0.2, 0.25) is 0 Å². The zero-order chi connectivity index (χ0) is 22.3. The zero-order valence-corrected chi connectivity index (χ0v) is 18.6. The van der Waals surface area contributed by atoms with Gasteiger partial charge in [-0.1, -0.05) is 0 Å². The lowest BCUT2D eigenvalue weighted by atomic mass is 9.87. The highest BCUT2D eigenvalue weighted by atomic mass is 32.2. The summed E-state index contributed by atoms with van der Waals surface area (Å²) in [6.45, 7) is 0.639. The van der Waals surface area contributed by atoms with Gasteiger partial charge in [-0.2, -0.15) is 0 Å². The van der Waals surface area contributed by atoms with Gasteiger partial charge in [0, 0.05) is 25.5 Å². The van der Waals surface area contributed by atoms with E-state index in [2.05, 4.69) is 0 Å². The van der Waals surface area contributed by atoms with E-state index in [1.165, 1.54) is 39.8 Å². The quantitative estimate of drug-likeness (QED) is 0.427. The van der Waals surface area contributed by atoms with Crippen LogP contribution in [0.5, 0.6) is 0 Å². The maximum atomic E-state index is 12.9. The first-order valence-electron chi connectivity index (χ1n) is 8.77. The fraction of sp³-hybridized carbons (Fsp3) is 0.529. The number of rotatable bonds is 7. The Balaban J connectivity index is 1.84. The van der Waals surface area contributed by atoms with Crippen LogP contribution in [0.4, 0.5) is 5.00 Å². The molecule has 2 amide bonds. The summed E-state index contributed by atoms with van der Waals surface area (Å²) in [5.74, 6) is -3.67. The largest absolute Gasteiger partial charge is 0.481 e. The molecule has 1 aromatic rings. The summed E-state index contributed by atoms with van der Waals surface area (Å²) in [4.78, 5) is 51.2. The van der Waals surface area contributed by atoms with Crippen LogP contribution in [-0.2, 0) is 33.8 Å². The number of amides is 2. The SMILES string of the molecule is CC(=O)OCC1(C(=O)O)CS[C@@H]2C(N(C(=O)CS(C)(=O)=O)c3cccs3)C(=O)N2C1. The molecule has 2 unspecified atom stereocenters. The Labute approximate surface area is 181 Å². The van der Waals surface area contributed by atoms with Crippen molar-refractivity contribution in [3.05, 3.63) is 17.5 Å². The Morgan fingerprint density at radius 3 is 2.63 bits per heavy atom. The number of thiophene rings is 1. The van der Waals surface area contributed by atoms with Crippen LogP contribution in [0, 0.1) is 5.41 Å². The van der Waals surface area contributed by atoms with Gasteiger partial charge in [-0.15, -0.1) is 23.1 Å². The number of aliphatic carboxylic acids is 1. The maximum absolute atomic E-state index is 12.9. The molecule has 1 aromatic heterocycles. The number of nitrogens with zero attached hydrogens (tertiary/aromatic N) is 2. The second-order valence-corrected chi connectivity index (χ2v) is 11.4. The number of fused-ring (bicyclic) bond motifs is 1. The number of carboxylic acids is 1. The molecular weight excluding hydrogens is 456 g/mol. The van der Waals surface area contributed by atoms with Crippen LogP contribution < -0.4 is 4.90 Å². The molecule has 3 rings (SSSR count). The van der Waals surface area contributed by atoms with Crippen molar-refractivity contribution in [2.24, 2.45) is 5.41 Å². The molecule has 10 nitrogen and oxygen atoms in total. The Kier molecular flexibility index (Phi) is 6.16. The van der Waals surface area contributed by atoms with Gasteiger partial charge in [0.15, 0.2) is 9.84 Å². The summed E-state index contributed by atoms with van der Waals surface area (Å²) in [5, 5.41) is 11.3. The van der Waals surface area contributed by atoms with Crippen molar-refractivity contribution in [3.63, 3.8) is 0 Å². The van der Waals surface area contributed by atoms with Crippen molar-refractivity contribution in [2.45, 2.75) is 18.3 Å². The number of hydrogen-bond donors (Lipinski definition) is 1. The Bertz CT molecular complexity index is 977. The second-order valence-electron chi connectivity index (χ2n) is 7.26. The smallest absolute Gasteiger partial charge is 0.315 e. The van der Waals surface area contributed by atoms with Gasteiger partial charge in [-0.25, -0.2) is 8.42 Å². The van der Waals surface area contributed by atoms with E-state index < -0.39 is 56.2 Å². The molecule has 164 valence electrons. The minimum absolute atomic E-state index is 0.0686. The molecule has 2 fully saturated rings. The van der Waals surface area contributed by atoms with Crippen LogP contribution in [0.1, 0.15) is 6.92 Å². The predicted molar refractivity (Wildman–Crippen MR) is 110 cm³/mol. The van der Waals surface area contributed by atoms with E-state index in [0.717, 1.165) is 6.26 Å². The van der Waals surface area contributed by atoms with E-state index in [1.54, 1.807) is 17.5 Å². The number of thioether (sulfide) groups is 1. The molecule has 0 aromatic carbocycles. The average molecular weight is 477 g/mol. The molecule has 3 heterocycles. The first kappa shape index (κ1) is 22.6. The Morgan fingerprint density at radius 1 is 1.40 bits per heavy atom. The van der Waals surface area contributed by atoms with Gasteiger partial charge < -0.3 is 14.7 Å². The topological polar surface area (TPSA) is 138 Å². The van der Waals surface area contributed by atoms with Crippen molar-refractivity contribution in [1.82, 2.24) is 4.90 Å². The normalized spacial score (nSPS) is 25.8. The number of carboxylic acid groups (broad SMARTS) is 1. The Hall–Kier alpha value is -2.12. The van der Waals surface area contributed by atoms with Crippen LogP contribution in [0.3, 0.4) is 0 Å². The number of esters is 1. The summed E-state index contributed by atoms with van der Waals surface area (Å²) in [7, 11) is -3.61. The van der Waals surface area contributed by atoms with E-state index >= 15 is 0 Å².